The van der Waals surface area contributed by atoms with E-state index < -0.39 is 6.61 Å². The summed E-state index contributed by atoms with van der Waals surface area (Å²) in [4.78, 5) is 26.8. The van der Waals surface area contributed by atoms with Crippen molar-refractivity contribution in [3.05, 3.63) is 63.3 Å². The van der Waals surface area contributed by atoms with Gasteiger partial charge in [-0.2, -0.15) is 8.78 Å². The summed E-state index contributed by atoms with van der Waals surface area (Å²) in [5.74, 6) is 0.0152. The Morgan fingerprint density at radius 2 is 1.90 bits per heavy atom. The maximum atomic E-state index is 12.7. The Morgan fingerprint density at radius 3 is 2.52 bits per heavy atom. The Labute approximate surface area is 169 Å². The predicted octanol–water partition coefficient (Wildman–Crippen LogP) is 3.46. The number of thioether (sulfide) groups is 1. The fourth-order valence-electron chi connectivity index (χ4n) is 2.87. The van der Waals surface area contributed by atoms with Gasteiger partial charge in [-0.25, -0.2) is 0 Å². The molecular formula is C19H18F2N4O3S. The molecule has 0 saturated carbocycles. The number of nitrogens with one attached hydrogen (secondary N) is 1. The van der Waals surface area contributed by atoms with E-state index in [-0.39, 0.29) is 33.7 Å². The normalized spacial score (nSPS) is 11.1. The minimum Gasteiger partial charge on any atom is -0.435 e. The van der Waals surface area contributed by atoms with Crippen molar-refractivity contribution >= 4 is 17.5 Å². The summed E-state index contributed by atoms with van der Waals surface area (Å²) in [5, 5.41) is 7.88. The highest BCUT2D eigenvalue weighted by molar-refractivity contribution is 7.99. The van der Waals surface area contributed by atoms with Crippen LogP contribution in [0.3, 0.4) is 0 Å². The number of ketones is 1. The first-order chi connectivity index (χ1) is 13.8. The van der Waals surface area contributed by atoms with E-state index in [1.54, 1.807) is 25.1 Å². The van der Waals surface area contributed by atoms with E-state index in [1.165, 1.54) is 12.1 Å². The van der Waals surface area contributed by atoms with Gasteiger partial charge in [0.05, 0.1) is 5.75 Å². The molecular weight excluding hydrogens is 402 g/mol. The molecule has 0 radical (unpaired) electrons. The summed E-state index contributed by atoms with van der Waals surface area (Å²) in [6, 6.07) is 7.96. The fraction of sp³-hybridized carbons (Fsp3) is 0.263. The van der Waals surface area contributed by atoms with Crippen molar-refractivity contribution in [2.45, 2.75) is 32.5 Å². The molecule has 1 aromatic carbocycles. The average molecular weight is 420 g/mol. The van der Waals surface area contributed by atoms with Crippen molar-refractivity contribution in [2.75, 3.05) is 5.75 Å². The van der Waals surface area contributed by atoms with Crippen molar-refractivity contribution in [3.63, 3.8) is 0 Å². The van der Waals surface area contributed by atoms with Crippen LogP contribution in [-0.4, -0.2) is 37.9 Å². The monoisotopic (exact) mass is 420 g/mol. The Kier molecular flexibility index (Phi) is 6.12. The van der Waals surface area contributed by atoms with Crippen molar-refractivity contribution in [3.8, 4) is 11.4 Å². The van der Waals surface area contributed by atoms with Crippen molar-refractivity contribution < 1.29 is 18.3 Å². The molecule has 10 heteroatoms. The molecule has 0 fully saturated rings. The van der Waals surface area contributed by atoms with Gasteiger partial charge >= 0.3 is 6.61 Å². The molecule has 0 aliphatic heterocycles. The van der Waals surface area contributed by atoms with E-state index in [1.807, 2.05) is 18.4 Å². The minimum absolute atomic E-state index is 0.0621. The smallest absolute Gasteiger partial charge is 0.387 e. The molecule has 0 spiro atoms. The number of benzene rings is 1. The Balaban J connectivity index is 1.78. The van der Waals surface area contributed by atoms with Crippen LogP contribution in [-0.2, 0) is 0 Å². The Bertz CT molecular complexity index is 1090. The number of aromatic nitrogens is 4. The summed E-state index contributed by atoms with van der Waals surface area (Å²) < 4.78 is 30.8. The third kappa shape index (κ3) is 4.70. The topological polar surface area (TPSA) is 89.9 Å². The second-order valence-corrected chi connectivity index (χ2v) is 7.21. The van der Waals surface area contributed by atoms with Gasteiger partial charge < -0.3 is 9.30 Å². The van der Waals surface area contributed by atoms with Crippen LogP contribution in [0.1, 0.15) is 27.4 Å². The molecule has 0 atom stereocenters. The molecule has 2 aromatic heterocycles. The van der Waals surface area contributed by atoms with Crippen LogP contribution in [0.25, 0.3) is 5.69 Å². The van der Waals surface area contributed by atoms with Gasteiger partial charge in [0.2, 0.25) is 0 Å². The number of alkyl halides is 2. The molecule has 7 nitrogen and oxygen atoms in total. The third-order valence-corrected chi connectivity index (χ3v) is 5.10. The largest absolute Gasteiger partial charge is 0.435 e. The number of nitrogens with zero attached hydrogens (tertiary/aromatic N) is 3. The van der Waals surface area contributed by atoms with Crippen molar-refractivity contribution in [2.24, 2.45) is 0 Å². The van der Waals surface area contributed by atoms with Crippen molar-refractivity contribution in [1.82, 2.24) is 19.7 Å². The van der Waals surface area contributed by atoms with Gasteiger partial charge in [-0.05, 0) is 51.1 Å². The standard InChI is InChI=1S/C19H18F2N4O3S/c1-10-8-15(16(26)9-29-19-22-17(27)11(2)23-24-19)12(3)25(10)13-4-6-14(7-5-13)28-18(20)21/h4-8,18H,9H2,1-3H3,(H,22,24,27). The molecule has 0 bridgehead atoms. The zero-order valence-electron chi connectivity index (χ0n) is 15.9. The van der Waals surface area contributed by atoms with Crippen LogP contribution in [0, 0.1) is 20.8 Å². The van der Waals surface area contributed by atoms with Crippen molar-refractivity contribution in [1.29, 1.82) is 0 Å². The highest BCUT2D eigenvalue weighted by atomic mass is 32.2. The van der Waals surface area contributed by atoms with Crippen LogP contribution in [0.5, 0.6) is 5.75 Å². The molecule has 2 heterocycles. The number of hydrogen-bond donors (Lipinski definition) is 1. The first-order valence-corrected chi connectivity index (χ1v) is 9.58. The minimum atomic E-state index is -2.88. The maximum absolute atomic E-state index is 12.7. The van der Waals surface area contributed by atoms with E-state index in [2.05, 4.69) is 19.9 Å². The van der Waals surface area contributed by atoms with Crippen LogP contribution >= 0.6 is 11.8 Å². The molecule has 0 aliphatic rings. The van der Waals surface area contributed by atoms with Gasteiger partial charge in [-0.15, -0.1) is 10.2 Å². The first kappa shape index (κ1) is 20.7. The molecule has 0 amide bonds. The maximum Gasteiger partial charge on any atom is 0.387 e. The summed E-state index contributed by atoms with van der Waals surface area (Å²) in [7, 11) is 0. The summed E-state index contributed by atoms with van der Waals surface area (Å²) in [6.07, 6.45) is 0. The van der Waals surface area contributed by atoms with Gasteiger partial charge in [-0.1, -0.05) is 11.8 Å². The second-order valence-electron chi connectivity index (χ2n) is 6.25. The first-order valence-electron chi connectivity index (χ1n) is 8.60. The molecule has 29 heavy (non-hydrogen) atoms. The highest BCUT2D eigenvalue weighted by Gasteiger charge is 2.18. The number of halogens is 2. The summed E-state index contributed by atoms with van der Waals surface area (Å²) in [6.45, 7) is 2.32. The lowest BCUT2D eigenvalue weighted by atomic mass is 10.2. The SMILES string of the molecule is Cc1nnc(SCC(=O)c2cc(C)n(-c3ccc(OC(F)F)cc3)c2C)[nH]c1=O. The third-order valence-electron chi connectivity index (χ3n) is 4.23. The van der Waals surface area contributed by atoms with E-state index in [4.69, 9.17) is 0 Å². The summed E-state index contributed by atoms with van der Waals surface area (Å²) in [5.41, 5.74) is 2.72. The van der Waals surface area contributed by atoms with E-state index in [0.29, 0.717) is 5.56 Å². The van der Waals surface area contributed by atoms with E-state index >= 15 is 0 Å². The molecule has 0 saturated heterocycles. The molecule has 1 N–H and O–H groups in total. The van der Waals surface area contributed by atoms with Crippen LogP contribution in [0.2, 0.25) is 0 Å². The average Bonchev–Trinajstić information content (AvgIpc) is 2.97. The predicted molar refractivity (Wildman–Crippen MR) is 104 cm³/mol. The fourth-order valence-corrected chi connectivity index (χ4v) is 3.56. The number of carbonyl (C=O) groups is 1. The number of aromatic amines is 1. The second kappa shape index (κ2) is 8.56. The lowest BCUT2D eigenvalue weighted by Gasteiger charge is -2.11. The quantitative estimate of drug-likeness (QED) is 0.465. The lowest BCUT2D eigenvalue weighted by Crippen LogP contribution is -2.15. The van der Waals surface area contributed by atoms with E-state index in [0.717, 1.165) is 28.8 Å². The van der Waals surface area contributed by atoms with Gasteiger partial charge in [0.1, 0.15) is 11.4 Å². The van der Waals surface area contributed by atoms with Gasteiger partial charge in [0, 0.05) is 22.6 Å². The summed E-state index contributed by atoms with van der Waals surface area (Å²) >= 11 is 1.10. The Morgan fingerprint density at radius 1 is 1.21 bits per heavy atom. The van der Waals surface area contributed by atoms with Crippen LogP contribution in [0.15, 0.2) is 40.3 Å². The van der Waals surface area contributed by atoms with Gasteiger partial charge in [-0.3, -0.25) is 14.6 Å². The number of hydrogen-bond acceptors (Lipinski definition) is 6. The van der Waals surface area contributed by atoms with Gasteiger partial charge in [0.25, 0.3) is 5.56 Å². The van der Waals surface area contributed by atoms with Gasteiger partial charge in [0.15, 0.2) is 10.9 Å². The molecule has 3 rings (SSSR count). The Hall–Kier alpha value is -3.01. The number of rotatable bonds is 7. The van der Waals surface area contributed by atoms with E-state index in [9.17, 15) is 18.4 Å². The molecule has 152 valence electrons. The molecule has 0 unspecified atom stereocenters. The van der Waals surface area contributed by atoms with Crippen LogP contribution < -0.4 is 10.3 Å². The molecule has 3 aromatic rings. The van der Waals surface area contributed by atoms with Crippen LogP contribution in [0.4, 0.5) is 8.78 Å². The number of carbonyl (C=O) groups excluding carboxylic acids is 1. The highest BCUT2D eigenvalue weighted by Crippen LogP contribution is 2.25. The molecule has 0 aliphatic carbocycles. The number of Topliss-reactive ketones (excluding diaryl/α,β-unsaturated/α-hetero) is 1. The number of H-pyrrole nitrogens is 1. The number of aryl methyl sites for hydroxylation is 2. The zero-order chi connectivity index (χ0) is 21.1. The number of ether oxygens (including phenoxy) is 1. The zero-order valence-corrected chi connectivity index (χ0v) is 16.7. The lowest BCUT2D eigenvalue weighted by molar-refractivity contribution is -0.0498.